The molecule has 1 aliphatic heterocycles. The lowest BCUT2D eigenvalue weighted by molar-refractivity contribution is -0.129. The lowest BCUT2D eigenvalue weighted by Crippen LogP contribution is -2.35. The van der Waals surface area contributed by atoms with Gasteiger partial charge in [0.1, 0.15) is 11.5 Å². The number of carbonyl (C=O) groups excluding carboxylic acids is 2. The third-order valence-electron chi connectivity index (χ3n) is 5.40. The normalized spacial score (nSPS) is 20.1. The van der Waals surface area contributed by atoms with E-state index in [1.54, 1.807) is 0 Å². The second kappa shape index (κ2) is 7.82. The molecule has 2 amide bonds. The van der Waals surface area contributed by atoms with E-state index in [1.165, 1.54) is 12.8 Å². The number of benzene rings is 2. The Bertz CT molecular complexity index is 798. The van der Waals surface area contributed by atoms with Crippen LogP contribution < -0.4 is 10.1 Å². The zero-order valence-electron chi connectivity index (χ0n) is 15.3. The van der Waals surface area contributed by atoms with E-state index in [4.69, 9.17) is 4.74 Å². The molecule has 1 saturated heterocycles. The Morgan fingerprint density at radius 1 is 0.963 bits per heavy atom. The summed E-state index contributed by atoms with van der Waals surface area (Å²) in [4.78, 5) is 26.8. The highest BCUT2D eigenvalue weighted by atomic mass is 16.5. The number of hydrogen-bond acceptors (Lipinski definition) is 3. The van der Waals surface area contributed by atoms with Gasteiger partial charge in [-0.2, -0.15) is 0 Å². The van der Waals surface area contributed by atoms with Crippen molar-refractivity contribution in [3.63, 3.8) is 0 Å². The molecule has 1 N–H and O–H groups in total. The molecule has 2 aromatic rings. The lowest BCUT2D eigenvalue weighted by Gasteiger charge is -2.23. The minimum atomic E-state index is -0.265. The third kappa shape index (κ3) is 4.13. The number of likely N-dealkylation sites (tertiary alicyclic amines) is 1. The Kier molecular flexibility index (Phi) is 5.10. The second-order valence-electron chi connectivity index (χ2n) is 7.31. The molecule has 1 heterocycles. The number of nitrogens with zero attached hydrogens (tertiary/aromatic N) is 1. The molecule has 1 aliphatic carbocycles. The molecule has 1 atom stereocenters. The fourth-order valence-electron chi connectivity index (χ4n) is 3.95. The summed E-state index contributed by atoms with van der Waals surface area (Å²) in [5.74, 6) is 1.25. The van der Waals surface area contributed by atoms with Gasteiger partial charge in [0.15, 0.2) is 0 Å². The summed E-state index contributed by atoms with van der Waals surface area (Å²) in [6.45, 7) is 0.546. The molecule has 5 nitrogen and oxygen atoms in total. The smallest absolute Gasteiger partial charge is 0.229 e. The van der Waals surface area contributed by atoms with Crippen LogP contribution in [0.15, 0.2) is 54.6 Å². The van der Waals surface area contributed by atoms with Crippen molar-refractivity contribution in [2.24, 2.45) is 5.92 Å². The first kappa shape index (κ1) is 17.6. The number of ether oxygens (including phenoxy) is 1. The van der Waals surface area contributed by atoms with E-state index in [0.717, 1.165) is 18.6 Å². The fraction of sp³-hybridized carbons (Fsp3) is 0.364. The molecule has 2 aliphatic rings. The van der Waals surface area contributed by atoms with Crippen LogP contribution in [0.4, 0.5) is 5.69 Å². The van der Waals surface area contributed by atoms with Crippen LogP contribution in [0.2, 0.25) is 0 Å². The first-order valence-electron chi connectivity index (χ1n) is 9.62. The van der Waals surface area contributed by atoms with Crippen molar-refractivity contribution in [3.8, 4) is 11.5 Å². The van der Waals surface area contributed by atoms with Crippen LogP contribution in [0.25, 0.3) is 0 Å². The summed E-state index contributed by atoms with van der Waals surface area (Å²) in [7, 11) is 0. The van der Waals surface area contributed by atoms with Gasteiger partial charge in [0.25, 0.3) is 0 Å². The predicted molar refractivity (Wildman–Crippen MR) is 104 cm³/mol. The molecule has 140 valence electrons. The van der Waals surface area contributed by atoms with Gasteiger partial charge < -0.3 is 15.0 Å². The zero-order chi connectivity index (χ0) is 18.6. The Labute approximate surface area is 159 Å². The number of amides is 2. The van der Waals surface area contributed by atoms with Crippen LogP contribution in [0.3, 0.4) is 0 Å². The average molecular weight is 364 g/mol. The van der Waals surface area contributed by atoms with E-state index in [-0.39, 0.29) is 17.7 Å². The Balaban J connectivity index is 1.33. The zero-order valence-corrected chi connectivity index (χ0v) is 15.3. The second-order valence-corrected chi connectivity index (χ2v) is 7.31. The van der Waals surface area contributed by atoms with Crippen molar-refractivity contribution in [2.75, 3.05) is 11.9 Å². The van der Waals surface area contributed by atoms with E-state index < -0.39 is 0 Å². The van der Waals surface area contributed by atoms with Crippen LogP contribution in [0.5, 0.6) is 11.5 Å². The molecular weight excluding hydrogens is 340 g/mol. The Morgan fingerprint density at radius 2 is 1.63 bits per heavy atom. The molecule has 27 heavy (non-hydrogen) atoms. The van der Waals surface area contributed by atoms with Crippen LogP contribution in [-0.2, 0) is 9.59 Å². The standard InChI is InChI=1S/C22H24N2O3/c25-21-14-16(15-24(21)18-6-4-5-7-18)22(26)23-17-10-12-20(13-11-17)27-19-8-2-1-3-9-19/h1-3,8-13,16,18H,4-7,14-15H2,(H,23,26)/t16-/m1/s1. The van der Waals surface area contributed by atoms with Crippen LogP contribution in [0, 0.1) is 5.92 Å². The van der Waals surface area contributed by atoms with Crippen molar-refractivity contribution >= 4 is 17.5 Å². The SMILES string of the molecule is O=C(Nc1ccc(Oc2ccccc2)cc1)[C@@H]1CC(=O)N(C2CCCC2)C1. The quantitative estimate of drug-likeness (QED) is 0.865. The first-order valence-corrected chi connectivity index (χ1v) is 9.62. The van der Waals surface area contributed by atoms with Crippen molar-refractivity contribution in [1.82, 2.24) is 4.90 Å². The molecule has 0 unspecified atom stereocenters. The maximum atomic E-state index is 12.6. The predicted octanol–water partition coefficient (Wildman–Crippen LogP) is 4.21. The van der Waals surface area contributed by atoms with Gasteiger partial charge in [-0.25, -0.2) is 0 Å². The summed E-state index contributed by atoms with van der Waals surface area (Å²) in [6.07, 6.45) is 4.83. The van der Waals surface area contributed by atoms with E-state index in [9.17, 15) is 9.59 Å². The Hall–Kier alpha value is -2.82. The van der Waals surface area contributed by atoms with E-state index in [1.807, 2.05) is 59.5 Å². The van der Waals surface area contributed by atoms with Crippen LogP contribution >= 0.6 is 0 Å². The third-order valence-corrected chi connectivity index (χ3v) is 5.40. The number of rotatable bonds is 5. The number of para-hydroxylation sites is 1. The maximum absolute atomic E-state index is 12.6. The van der Waals surface area contributed by atoms with Gasteiger partial charge in [0.2, 0.25) is 11.8 Å². The van der Waals surface area contributed by atoms with Crippen LogP contribution in [-0.4, -0.2) is 29.3 Å². The molecule has 1 saturated carbocycles. The summed E-state index contributed by atoms with van der Waals surface area (Å²) in [6, 6.07) is 17.2. The summed E-state index contributed by atoms with van der Waals surface area (Å²) >= 11 is 0. The number of hydrogen-bond donors (Lipinski definition) is 1. The van der Waals surface area contributed by atoms with Gasteiger partial charge >= 0.3 is 0 Å². The number of carbonyl (C=O) groups is 2. The average Bonchev–Trinajstić information content (AvgIpc) is 3.34. The molecule has 2 aromatic carbocycles. The highest BCUT2D eigenvalue weighted by molar-refractivity contribution is 5.97. The molecular formula is C22H24N2O3. The van der Waals surface area contributed by atoms with Gasteiger partial charge in [-0.3, -0.25) is 9.59 Å². The van der Waals surface area contributed by atoms with Gasteiger partial charge in [-0.1, -0.05) is 31.0 Å². The minimum Gasteiger partial charge on any atom is -0.457 e. The highest BCUT2D eigenvalue weighted by Gasteiger charge is 2.38. The maximum Gasteiger partial charge on any atom is 0.229 e. The molecule has 2 fully saturated rings. The molecule has 4 rings (SSSR count). The molecule has 0 radical (unpaired) electrons. The van der Waals surface area contributed by atoms with Gasteiger partial charge in [-0.15, -0.1) is 0 Å². The van der Waals surface area contributed by atoms with E-state index in [2.05, 4.69) is 5.32 Å². The molecule has 0 bridgehead atoms. The summed E-state index contributed by atoms with van der Waals surface area (Å²) < 4.78 is 5.76. The number of anilines is 1. The van der Waals surface area contributed by atoms with Crippen LogP contribution in [0.1, 0.15) is 32.1 Å². The van der Waals surface area contributed by atoms with Gasteiger partial charge in [-0.05, 0) is 49.2 Å². The lowest BCUT2D eigenvalue weighted by atomic mass is 10.1. The minimum absolute atomic E-state index is 0.0828. The summed E-state index contributed by atoms with van der Waals surface area (Å²) in [5, 5.41) is 2.93. The highest BCUT2D eigenvalue weighted by Crippen LogP contribution is 2.30. The van der Waals surface area contributed by atoms with Crippen molar-refractivity contribution < 1.29 is 14.3 Å². The van der Waals surface area contributed by atoms with Gasteiger partial charge in [0.05, 0.1) is 5.92 Å². The summed E-state index contributed by atoms with van der Waals surface area (Å²) in [5.41, 5.74) is 0.715. The van der Waals surface area contributed by atoms with Gasteiger partial charge in [0, 0.05) is 24.7 Å². The van der Waals surface area contributed by atoms with Crippen molar-refractivity contribution in [3.05, 3.63) is 54.6 Å². The molecule has 0 spiro atoms. The fourth-order valence-corrected chi connectivity index (χ4v) is 3.95. The monoisotopic (exact) mass is 364 g/mol. The number of nitrogens with one attached hydrogen (secondary N) is 1. The molecule has 0 aromatic heterocycles. The first-order chi connectivity index (χ1) is 13.2. The largest absolute Gasteiger partial charge is 0.457 e. The van der Waals surface area contributed by atoms with Crippen molar-refractivity contribution in [1.29, 1.82) is 0 Å². The topological polar surface area (TPSA) is 58.6 Å². The molecule has 5 heteroatoms. The van der Waals surface area contributed by atoms with E-state index >= 15 is 0 Å². The Morgan fingerprint density at radius 3 is 2.33 bits per heavy atom. The van der Waals surface area contributed by atoms with Crippen molar-refractivity contribution in [2.45, 2.75) is 38.1 Å². The van der Waals surface area contributed by atoms with E-state index in [0.29, 0.717) is 30.4 Å².